The fourth-order valence-corrected chi connectivity index (χ4v) is 1.53. The van der Waals surface area contributed by atoms with Crippen molar-refractivity contribution in [2.75, 3.05) is 0 Å². The standard InChI is InChI=1S/C9H6ClF3N2O/c10-7(9(11,12)13)4-1-2-5-6(3-4)15-8(16)14-5/h1-3,7H,(H2,14,15,16). The first-order chi connectivity index (χ1) is 7.38. The predicted molar refractivity (Wildman–Crippen MR) is 53.6 cm³/mol. The van der Waals surface area contributed by atoms with E-state index < -0.39 is 17.2 Å². The molecule has 1 atom stereocenters. The highest BCUT2D eigenvalue weighted by molar-refractivity contribution is 6.21. The van der Waals surface area contributed by atoms with Gasteiger partial charge < -0.3 is 9.97 Å². The first kappa shape index (κ1) is 11.1. The first-order valence-electron chi connectivity index (χ1n) is 4.30. The Morgan fingerprint density at radius 3 is 2.44 bits per heavy atom. The van der Waals surface area contributed by atoms with Crippen molar-refractivity contribution in [3.05, 3.63) is 34.2 Å². The van der Waals surface area contributed by atoms with E-state index in [0.717, 1.165) is 0 Å². The maximum Gasteiger partial charge on any atom is 0.408 e. The van der Waals surface area contributed by atoms with E-state index in [2.05, 4.69) is 9.97 Å². The monoisotopic (exact) mass is 250 g/mol. The summed E-state index contributed by atoms with van der Waals surface area (Å²) in [7, 11) is 0. The number of nitrogens with one attached hydrogen (secondary N) is 2. The van der Waals surface area contributed by atoms with Crippen LogP contribution in [0.5, 0.6) is 0 Å². The van der Waals surface area contributed by atoms with Gasteiger partial charge in [-0.1, -0.05) is 6.07 Å². The Hall–Kier alpha value is -1.43. The number of hydrogen-bond acceptors (Lipinski definition) is 1. The molecule has 2 aromatic rings. The van der Waals surface area contributed by atoms with Crippen molar-refractivity contribution in [2.24, 2.45) is 0 Å². The molecule has 0 saturated carbocycles. The Kier molecular flexibility index (Phi) is 2.46. The molecule has 0 spiro atoms. The van der Waals surface area contributed by atoms with Crippen LogP contribution in [-0.4, -0.2) is 16.1 Å². The topological polar surface area (TPSA) is 48.6 Å². The van der Waals surface area contributed by atoms with Gasteiger partial charge in [0.2, 0.25) is 0 Å². The molecule has 0 radical (unpaired) electrons. The average Bonchev–Trinajstić information content (AvgIpc) is 2.54. The first-order valence-corrected chi connectivity index (χ1v) is 4.74. The van der Waals surface area contributed by atoms with Gasteiger partial charge in [0.25, 0.3) is 0 Å². The van der Waals surface area contributed by atoms with Gasteiger partial charge in [-0.3, -0.25) is 0 Å². The number of rotatable bonds is 1. The van der Waals surface area contributed by atoms with Crippen LogP contribution >= 0.6 is 11.6 Å². The molecule has 1 unspecified atom stereocenters. The summed E-state index contributed by atoms with van der Waals surface area (Å²) < 4.78 is 37.0. The summed E-state index contributed by atoms with van der Waals surface area (Å²) in [5.74, 6) is 0. The van der Waals surface area contributed by atoms with Gasteiger partial charge in [-0.15, -0.1) is 11.6 Å². The molecule has 0 fully saturated rings. The quantitative estimate of drug-likeness (QED) is 0.751. The lowest BCUT2D eigenvalue weighted by molar-refractivity contribution is -0.131. The molecule has 1 heterocycles. The number of imidazole rings is 1. The van der Waals surface area contributed by atoms with Crippen LogP contribution in [0.15, 0.2) is 23.0 Å². The van der Waals surface area contributed by atoms with Crippen molar-refractivity contribution in [1.29, 1.82) is 0 Å². The van der Waals surface area contributed by atoms with Gasteiger partial charge in [0.05, 0.1) is 11.0 Å². The van der Waals surface area contributed by atoms with E-state index in [4.69, 9.17) is 11.6 Å². The number of alkyl halides is 4. The molecule has 2 rings (SSSR count). The number of fused-ring (bicyclic) bond motifs is 1. The number of benzene rings is 1. The van der Waals surface area contributed by atoms with Crippen molar-refractivity contribution in [3.63, 3.8) is 0 Å². The van der Waals surface area contributed by atoms with Gasteiger partial charge in [-0.2, -0.15) is 13.2 Å². The van der Waals surface area contributed by atoms with Crippen molar-refractivity contribution < 1.29 is 13.2 Å². The number of aromatic nitrogens is 2. The Bertz CT molecular complexity index is 572. The number of H-pyrrole nitrogens is 2. The summed E-state index contributed by atoms with van der Waals surface area (Å²) in [6, 6.07) is 3.82. The van der Waals surface area contributed by atoms with Crippen LogP contribution in [0, 0.1) is 0 Å². The molecule has 2 N–H and O–H groups in total. The third kappa shape index (κ3) is 1.92. The van der Waals surface area contributed by atoms with E-state index >= 15 is 0 Å². The lowest BCUT2D eigenvalue weighted by Crippen LogP contribution is -2.15. The van der Waals surface area contributed by atoms with Crippen LogP contribution < -0.4 is 5.69 Å². The van der Waals surface area contributed by atoms with Crippen LogP contribution in [-0.2, 0) is 0 Å². The summed E-state index contributed by atoms with van der Waals surface area (Å²) in [6.45, 7) is 0. The second-order valence-corrected chi connectivity index (χ2v) is 3.72. The van der Waals surface area contributed by atoms with Crippen LogP contribution in [0.4, 0.5) is 13.2 Å². The van der Waals surface area contributed by atoms with Gasteiger partial charge in [-0.05, 0) is 17.7 Å². The Morgan fingerprint density at radius 1 is 1.19 bits per heavy atom. The Labute approximate surface area is 92.2 Å². The predicted octanol–water partition coefficient (Wildman–Crippen LogP) is 2.70. The minimum atomic E-state index is -4.51. The summed E-state index contributed by atoms with van der Waals surface area (Å²) >= 11 is 5.26. The molecular formula is C9H6ClF3N2O. The maximum absolute atomic E-state index is 12.3. The average molecular weight is 251 g/mol. The third-order valence-electron chi connectivity index (χ3n) is 2.12. The summed E-state index contributed by atoms with van der Waals surface area (Å²) in [5, 5.41) is -2.07. The van der Waals surface area contributed by atoms with Crippen molar-refractivity contribution in [1.82, 2.24) is 9.97 Å². The molecule has 0 aliphatic heterocycles. The van der Waals surface area contributed by atoms with E-state index in [1.54, 1.807) is 0 Å². The van der Waals surface area contributed by atoms with Crippen molar-refractivity contribution in [3.8, 4) is 0 Å². The van der Waals surface area contributed by atoms with Gasteiger partial charge >= 0.3 is 11.9 Å². The second kappa shape index (κ2) is 3.55. The van der Waals surface area contributed by atoms with Crippen LogP contribution in [0.3, 0.4) is 0 Å². The van der Waals surface area contributed by atoms with E-state index in [-0.39, 0.29) is 5.56 Å². The fourth-order valence-electron chi connectivity index (χ4n) is 1.40. The van der Waals surface area contributed by atoms with Gasteiger partial charge in [0.1, 0.15) is 0 Å². The van der Waals surface area contributed by atoms with Crippen molar-refractivity contribution in [2.45, 2.75) is 11.6 Å². The van der Waals surface area contributed by atoms with Gasteiger partial charge in [0, 0.05) is 0 Å². The molecule has 0 aliphatic rings. The zero-order valence-corrected chi connectivity index (χ0v) is 8.49. The van der Waals surface area contributed by atoms with E-state index in [1.165, 1.54) is 18.2 Å². The van der Waals surface area contributed by atoms with Gasteiger partial charge in [0.15, 0.2) is 5.38 Å². The molecule has 86 valence electrons. The Morgan fingerprint density at radius 2 is 1.81 bits per heavy atom. The minimum Gasteiger partial charge on any atom is -0.306 e. The molecule has 0 bridgehead atoms. The highest BCUT2D eigenvalue weighted by Gasteiger charge is 2.39. The number of hydrogen-bond donors (Lipinski definition) is 2. The SMILES string of the molecule is O=c1[nH]c2ccc(C(Cl)C(F)(F)F)cc2[nH]1. The van der Waals surface area contributed by atoms with Crippen molar-refractivity contribution >= 4 is 22.6 Å². The number of halogens is 4. The molecular weight excluding hydrogens is 245 g/mol. The normalized spacial score (nSPS) is 14.2. The smallest absolute Gasteiger partial charge is 0.306 e. The maximum atomic E-state index is 12.3. The second-order valence-electron chi connectivity index (χ2n) is 3.29. The highest BCUT2D eigenvalue weighted by atomic mass is 35.5. The molecule has 0 saturated heterocycles. The molecule has 3 nitrogen and oxygen atoms in total. The lowest BCUT2D eigenvalue weighted by atomic mass is 10.1. The highest BCUT2D eigenvalue weighted by Crippen LogP contribution is 2.38. The van der Waals surface area contributed by atoms with E-state index in [0.29, 0.717) is 11.0 Å². The third-order valence-corrected chi connectivity index (χ3v) is 2.62. The van der Waals surface area contributed by atoms with Crippen LogP contribution in [0.25, 0.3) is 11.0 Å². The van der Waals surface area contributed by atoms with E-state index in [1.807, 2.05) is 0 Å². The zero-order valence-electron chi connectivity index (χ0n) is 7.73. The molecule has 0 amide bonds. The number of aromatic amines is 2. The van der Waals surface area contributed by atoms with Crippen LogP contribution in [0.1, 0.15) is 10.9 Å². The fraction of sp³-hybridized carbons (Fsp3) is 0.222. The van der Waals surface area contributed by atoms with Crippen LogP contribution in [0.2, 0.25) is 0 Å². The summed E-state index contributed by atoms with van der Waals surface area (Å²) in [6.07, 6.45) is -4.51. The summed E-state index contributed by atoms with van der Waals surface area (Å²) in [4.78, 5) is 15.7. The van der Waals surface area contributed by atoms with E-state index in [9.17, 15) is 18.0 Å². The molecule has 1 aromatic carbocycles. The largest absolute Gasteiger partial charge is 0.408 e. The molecule has 0 aliphatic carbocycles. The zero-order chi connectivity index (χ0) is 11.9. The molecule has 7 heteroatoms. The minimum absolute atomic E-state index is 0.100. The van der Waals surface area contributed by atoms with Gasteiger partial charge in [-0.25, -0.2) is 4.79 Å². The Balaban J connectivity index is 2.50. The summed E-state index contributed by atoms with van der Waals surface area (Å²) in [5.41, 5.74) is 0.180. The molecule has 1 aromatic heterocycles. The lowest BCUT2D eigenvalue weighted by Gasteiger charge is -2.13. The molecule has 16 heavy (non-hydrogen) atoms.